The van der Waals surface area contributed by atoms with Gasteiger partial charge in [-0.2, -0.15) is 0 Å². The number of halogens is 1. The van der Waals surface area contributed by atoms with Gasteiger partial charge >= 0.3 is 0 Å². The Hall–Kier alpha value is 0.0900. The first-order chi connectivity index (χ1) is 7.43. The first kappa shape index (κ1) is 14.2. The van der Waals surface area contributed by atoms with Crippen LogP contribution in [0.4, 0.5) is 0 Å². The minimum Gasteiger partial charge on any atom is -0.309 e. The summed E-state index contributed by atoms with van der Waals surface area (Å²) in [4.78, 5) is 0. The molecule has 0 aromatic carbocycles. The summed E-state index contributed by atoms with van der Waals surface area (Å²) in [6.07, 6.45) is 0. The summed E-state index contributed by atoms with van der Waals surface area (Å²) in [7, 11) is -2.89. The molecule has 1 aromatic rings. The summed E-state index contributed by atoms with van der Waals surface area (Å²) >= 11 is 5.03. The molecule has 1 unspecified atom stereocenters. The van der Waals surface area contributed by atoms with Gasteiger partial charge in [0.25, 0.3) is 0 Å². The molecule has 0 bridgehead atoms. The second kappa shape index (κ2) is 6.14. The molecule has 6 heteroatoms. The molecule has 92 valence electrons. The summed E-state index contributed by atoms with van der Waals surface area (Å²) in [5, 5.41) is 5.26. The molecule has 3 nitrogen and oxygen atoms in total. The van der Waals surface area contributed by atoms with Crippen LogP contribution in [0.5, 0.6) is 0 Å². The van der Waals surface area contributed by atoms with E-state index in [1.807, 2.05) is 13.0 Å². The molecule has 0 saturated carbocycles. The van der Waals surface area contributed by atoms with Crippen molar-refractivity contribution in [2.75, 3.05) is 11.5 Å². The van der Waals surface area contributed by atoms with Crippen molar-refractivity contribution in [3.8, 4) is 0 Å². The smallest absolute Gasteiger partial charge is 0.151 e. The van der Waals surface area contributed by atoms with Crippen molar-refractivity contribution in [2.24, 2.45) is 0 Å². The predicted octanol–water partition coefficient (Wildman–Crippen LogP) is 2.42. The van der Waals surface area contributed by atoms with Gasteiger partial charge in [-0.05, 0) is 39.9 Å². The van der Waals surface area contributed by atoms with Gasteiger partial charge in [0.2, 0.25) is 0 Å². The lowest BCUT2D eigenvalue weighted by Gasteiger charge is -2.12. The van der Waals surface area contributed by atoms with Crippen LogP contribution in [-0.4, -0.2) is 26.0 Å². The molecule has 1 heterocycles. The lowest BCUT2D eigenvalue weighted by molar-refractivity contribution is 0.557. The van der Waals surface area contributed by atoms with Crippen molar-refractivity contribution < 1.29 is 8.42 Å². The summed E-state index contributed by atoms with van der Waals surface area (Å²) in [5.74, 6) is 0.415. The fourth-order valence-corrected chi connectivity index (χ4v) is 3.61. The standard InChI is InChI=1S/C10H16BrNO2S2/c1-3-16(13,14)7-8(2)12-5-9-4-10(11)15-6-9/h4,6,8,12H,3,5,7H2,1-2H3. The Morgan fingerprint density at radius 1 is 1.56 bits per heavy atom. The van der Waals surface area contributed by atoms with E-state index < -0.39 is 9.84 Å². The minimum atomic E-state index is -2.89. The topological polar surface area (TPSA) is 46.2 Å². The second-order valence-corrected chi connectivity index (χ2v) is 8.43. The number of thiophene rings is 1. The minimum absolute atomic E-state index is 0.0105. The zero-order chi connectivity index (χ0) is 12.2. The van der Waals surface area contributed by atoms with Crippen LogP contribution in [0.15, 0.2) is 15.2 Å². The Bertz CT molecular complexity index is 428. The Balaban J connectivity index is 2.39. The van der Waals surface area contributed by atoms with E-state index in [1.165, 1.54) is 5.56 Å². The quantitative estimate of drug-likeness (QED) is 0.873. The number of hydrogen-bond donors (Lipinski definition) is 1. The third-order valence-electron chi connectivity index (χ3n) is 2.22. The van der Waals surface area contributed by atoms with Gasteiger partial charge in [0, 0.05) is 18.3 Å². The highest BCUT2D eigenvalue weighted by Crippen LogP contribution is 2.20. The Labute approximate surface area is 109 Å². The van der Waals surface area contributed by atoms with E-state index in [2.05, 4.69) is 26.6 Å². The van der Waals surface area contributed by atoms with Gasteiger partial charge in [0.15, 0.2) is 9.84 Å². The summed E-state index contributed by atoms with van der Waals surface area (Å²) in [5.41, 5.74) is 1.18. The number of nitrogens with one attached hydrogen (secondary N) is 1. The first-order valence-corrected chi connectivity index (χ1v) is 8.59. The largest absolute Gasteiger partial charge is 0.309 e. The van der Waals surface area contributed by atoms with Crippen LogP contribution in [0.2, 0.25) is 0 Å². The molecule has 0 spiro atoms. The van der Waals surface area contributed by atoms with E-state index in [-0.39, 0.29) is 17.5 Å². The van der Waals surface area contributed by atoms with Gasteiger partial charge in [0.1, 0.15) is 0 Å². The molecular weight excluding hydrogens is 310 g/mol. The van der Waals surface area contributed by atoms with Gasteiger partial charge in [-0.25, -0.2) is 8.42 Å². The molecule has 0 amide bonds. The Morgan fingerprint density at radius 2 is 2.25 bits per heavy atom. The van der Waals surface area contributed by atoms with E-state index in [0.29, 0.717) is 6.54 Å². The first-order valence-electron chi connectivity index (χ1n) is 5.09. The fourth-order valence-electron chi connectivity index (χ4n) is 1.29. The summed E-state index contributed by atoms with van der Waals surface area (Å²) in [6.45, 7) is 4.29. The lowest BCUT2D eigenvalue weighted by atomic mass is 10.3. The zero-order valence-electron chi connectivity index (χ0n) is 9.36. The number of rotatable bonds is 6. The monoisotopic (exact) mass is 325 g/mol. The van der Waals surface area contributed by atoms with Crippen molar-refractivity contribution in [3.63, 3.8) is 0 Å². The average molecular weight is 326 g/mol. The molecule has 0 aliphatic heterocycles. The van der Waals surface area contributed by atoms with E-state index >= 15 is 0 Å². The third kappa shape index (κ3) is 4.95. The van der Waals surface area contributed by atoms with Gasteiger partial charge < -0.3 is 5.32 Å². The molecule has 0 saturated heterocycles. The van der Waals surface area contributed by atoms with Crippen LogP contribution in [0.25, 0.3) is 0 Å². The molecule has 0 fully saturated rings. The molecule has 0 radical (unpaired) electrons. The molecular formula is C10H16BrNO2S2. The van der Waals surface area contributed by atoms with Gasteiger partial charge in [0.05, 0.1) is 9.54 Å². The zero-order valence-corrected chi connectivity index (χ0v) is 12.6. The highest BCUT2D eigenvalue weighted by atomic mass is 79.9. The highest BCUT2D eigenvalue weighted by molar-refractivity contribution is 9.11. The van der Waals surface area contributed by atoms with Crippen molar-refractivity contribution in [1.29, 1.82) is 0 Å². The van der Waals surface area contributed by atoms with Crippen molar-refractivity contribution in [2.45, 2.75) is 26.4 Å². The van der Waals surface area contributed by atoms with E-state index in [4.69, 9.17) is 0 Å². The molecule has 0 aliphatic carbocycles. The molecule has 1 N–H and O–H groups in total. The SMILES string of the molecule is CCS(=O)(=O)CC(C)NCc1csc(Br)c1. The van der Waals surface area contributed by atoms with Crippen LogP contribution in [0, 0.1) is 0 Å². The van der Waals surface area contributed by atoms with Crippen molar-refractivity contribution in [3.05, 3.63) is 20.8 Å². The molecule has 1 atom stereocenters. The number of sulfone groups is 1. The normalized spacial score (nSPS) is 13.9. The maximum absolute atomic E-state index is 11.4. The third-order valence-corrected chi connectivity index (χ3v) is 5.66. The van der Waals surface area contributed by atoms with E-state index in [9.17, 15) is 8.42 Å². The Kier molecular flexibility index (Phi) is 5.43. The van der Waals surface area contributed by atoms with Crippen LogP contribution in [-0.2, 0) is 16.4 Å². The average Bonchev–Trinajstić information content (AvgIpc) is 2.61. The highest BCUT2D eigenvalue weighted by Gasteiger charge is 2.13. The second-order valence-electron chi connectivity index (χ2n) is 3.74. The van der Waals surface area contributed by atoms with Crippen LogP contribution in [0.3, 0.4) is 0 Å². The molecule has 16 heavy (non-hydrogen) atoms. The van der Waals surface area contributed by atoms with Gasteiger partial charge in [-0.15, -0.1) is 11.3 Å². The van der Waals surface area contributed by atoms with Gasteiger partial charge in [-0.3, -0.25) is 0 Å². The van der Waals surface area contributed by atoms with Crippen molar-refractivity contribution >= 4 is 37.1 Å². The Morgan fingerprint density at radius 3 is 2.75 bits per heavy atom. The van der Waals surface area contributed by atoms with Crippen LogP contribution in [0.1, 0.15) is 19.4 Å². The van der Waals surface area contributed by atoms with Crippen molar-refractivity contribution in [1.82, 2.24) is 5.32 Å². The van der Waals surface area contributed by atoms with Crippen LogP contribution < -0.4 is 5.32 Å². The summed E-state index contributed by atoms with van der Waals surface area (Å²) in [6, 6.07) is 2.03. The number of hydrogen-bond acceptors (Lipinski definition) is 4. The maximum Gasteiger partial charge on any atom is 0.151 e. The lowest BCUT2D eigenvalue weighted by Crippen LogP contribution is -2.33. The molecule has 1 aromatic heterocycles. The van der Waals surface area contributed by atoms with Gasteiger partial charge in [-0.1, -0.05) is 6.92 Å². The molecule has 0 aliphatic rings. The fraction of sp³-hybridized carbons (Fsp3) is 0.600. The van der Waals surface area contributed by atoms with E-state index in [0.717, 1.165) is 3.79 Å². The molecule has 1 rings (SSSR count). The van der Waals surface area contributed by atoms with Crippen LogP contribution >= 0.6 is 27.3 Å². The summed E-state index contributed by atoms with van der Waals surface area (Å²) < 4.78 is 23.9. The maximum atomic E-state index is 11.4. The predicted molar refractivity (Wildman–Crippen MR) is 72.6 cm³/mol. The van der Waals surface area contributed by atoms with E-state index in [1.54, 1.807) is 18.3 Å².